The van der Waals surface area contributed by atoms with Gasteiger partial charge in [-0.15, -0.1) is 0 Å². The van der Waals surface area contributed by atoms with Crippen LogP contribution in [0, 0.1) is 5.92 Å². The zero-order chi connectivity index (χ0) is 27.4. The Bertz CT molecular complexity index is 934. The first kappa shape index (κ1) is 30.9. The molecule has 0 spiro atoms. The lowest BCUT2D eigenvalue weighted by Gasteiger charge is -2.32. The Hall–Kier alpha value is -2.30. The molecular weight excluding hydrogens is 516 g/mol. The molecule has 1 heterocycles. The van der Waals surface area contributed by atoms with E-state index in [0.29, 0.717) is 43.1 Å². The van der Waals surface area contributed by atoms with E-state index < -0.39 is 18.1 Å². The number of hydrogen-bond donors (Lipinski definition) is 3. The highest BCUT2D eigenvalue weighted by Gasteiger charge is 2.31. The summed E-state index contributed by atoms with van der Waals surface area (Å²) in [5.41, 5.74) is 0.921. The van der Waals surface area contributed by atoms with Crippen molar-refractivity contribution in [1.29, 1.82) is 0 Å². The highest BCUT2D eigenvalue weighted by atomic mass is 35.5. The molecule has 37 heavy (non-hydrogen) atoms. The summed E-state index contributed by atoms with van der Waals surface area (Å²) in [7, 11) is 1.30. The second kappa shape index (κ2) is 15.8. The van der Waals surface area contributed by atoms with E-state index in [1.807, 2.05) is 43.2 Å². The van der Waals surface area contributed by atoms with Crippen molar-refractivity contribution in [3.63, 3.8) is 0 Å². The van der Waals surface area contributed by atoms with Crippen molar-refractivity contribution in [3.05, 3.63) is 34.9 Å². The van der Waals surface area contributed by atoms with Crippen LogP contribution in [0.3, 0.4) is 0 Å². The van der Waals surface area contributed by atoms with E-state index in [1.165, 1.54) is 7.11 Å². The van der Waals surface area contributed by atoms with Crippen molar-refractivity contribution >= 4 is 47.1 Å². The second-order valence-electron chi connectivity index (χ2n) is 9.38. The van der Waals surface area contributed by atoms with Crippen LogP contribution in [0.4, 0.5) is 0 Å². The van der Waals surface area contributed by atoms with E-state index >= 15 is 0 Å². The Labute approximate surface area is 228 Å². The number of rotatable bonds is 15. The Morgan fingerprint density at radius 3 is 2.65 bits per heavy atom. The minimum atomic E-state index is -0.728. The number of thioether (sulfide) groups is 1. The van der Waals surface area contributed by atoms with Crippen LogP contribution >= 0.6 is 23.4 Å². The summed E-state index contributed by atoms with van der Waals surface area (Å²) >= 11 is 7.78. The van der Waals surface area contributed by atoms with Crippen LogP contribution < -0.4 is 16.0 Å². The first-order valence-corrected chi connectivity index (χ1v) is 14.4. The number of nitrogens with one attached hydrogen (secondary N) is 3. The highest BCUT2D eigenvalue weighted by Crippen LogP contribution is 2.16. The first-order chi connectivity index (χ1) is 17.7. The lowest BCUT2D eigenvalue weighted by molar-refractivity contribution is -0.145. The summed E-state index contributed by atoms with van der Waals surface area (Å²) in [6, 6.07) is 5.88. The Balaban J connectivity index is 2.18. The molecule has 0 saturated carbocycles. The largest absolute Gasteiger partial charge is 0.467 e. The average Bonchev–Trinajstić information content (AvgIpc) is 3.31. The maximum absolute atomic E-state index is 13.1. The van der Waals surface area contributed by atoms with E-state index in [-0.39, 0.29) is 36.2 Å². The van der Waals surface area contributed by atoms with E-state index in [4.69, 9.17) is 16.3 Å². The number of carbonyl (C=O) groups is 4. The SMILES string of the molecule is CC[C@H](C)[C@@H](CN(CC(=O)N[C@@H](CCSC)C(=O)OC)Cc1cccc(Cl)c1)NC(=O)[C@@H]1CCC(=O)N1. The van der Waals surface area contributed by atoms with Crippen molar-refractivity contribution in [3.8, 4) is 0 Å². The molecule has 0 aliphatic carbocycles. The minimum Gasteiger partial charge on any atom is -0.467 e. The summed E-state index contributed by atoms with van der Waals surface area (Å²) < 4.78 is 4.87. The molecule has 4 atom stereocenters. The molecule has 1 aliphatic heterocycles. The van der Waals surface area contributed by atoms with Gasteiger partial charge in [0.2, 0.25) is 17.7 Å². The van der Waals surface area contributed by atoms with Gasteiger partial charge < -0.3 is 20.7 Å². The van der Waals surface area contributed by atoms with E-state index in [9.17, 15) is 19.2 Å². The zero-order valence-corrected chi connectivity index (χ0v) is 23.6. The standard InChI is InChI=1S/C26H39ClN4O5S/c1-5-17(2)22(30-25(34)20-9-10-23(32)28-20)15-31(14-18-7-6-8-19(27)13-18)16-24(33)29-21(11-12-37-4)26(35)36-3/h6-8,13,17,20-22H,5,9-12,14-16H2,1-4H3,(H,28,32)(H,29,33)(H,30,34)/t17-,20-,21-,22+/m0/s1. The predicted octanol–water partition coefficient (Wildman–Crippen LogP) is 2.36. The van der Waals surface area contributed by atoms with E-state index in [2.05, 4.69) is 16.0 Å². The molecule has 3 amide bonds. The molecule has 2 rings (SSSR count). The summed E-state index contributed by atoms with van der Waals surface area (Å²) in [5, 5.41) is 9.21. The number of amides is 3. The van der Waals surface area contributed by atoms with Crippen LogP contribution in [0.15, 0.2) is 24.3 Å². The van der Waals surface area contributed by atoms with Crippen molar-refractivity contribution in [2.45, 2.75) is 64.2 Å². The van der Waals surface area contributed by atoms with Crippen molar-refractivity contribution < 1.29 is 23.9 Å². The molecule has 0 aromatic heterocycles. The van der Waals surface area contributed by atoms with Crippen LogP contribution in [0.2, 0.25) is 5.02 Å². The minimum absolute atomic E-state index is 0.0161. The summed E-state index contributed by atoms with van der Waals surface area (Å²) in [5.74, 6) is -0.308. The predicted molar refractivity (Wildman–Crippen MR) is 146 cm³/mol. The van der Waals surface area contributed by atoms with Crippen LogP contribution in [-0.4, -0.2) is 78.9 Å². The van der Waals surface area contributed by atoms with Crippen molar-refractivity contribution in [2.24, 2.45) is 5.92 Å². The summed E-state index contributed by atoms with van der Waals surface area (Å²) in [6.45, 7) is 4.93. The number of esters is 1. The number of halogens is 1. The Morgan fingerprint density at radius 2 is 2.05 bits per heavy atom. The van der Waals surface area contributed by atoms with Gasteiger partial charge in [0.15, 0.2) is 0 Å². The lowest BCUT2D eigenvalue weighted by atomic mass is 9.97. The zero-order valence-electron chi connectivity index (χ0n) is 22.1. The van der Waals surface area contributed by atoms with Gasteiger partial charge in [0.25, 0.3) is 0 Å². The van der Waals surface area contributed by atoms with Crippen LogP contribution in [-0.2, 0) is 30.5 Å². The fourth-order valence-corrected chi connectivity index (χ4v) is 4.86. The van der Waals surface area contributed by atoms with Gasteiger partial charge in [0.05, 0.1) is 13.7 Å². The van der Waals surface area contributed by atoms with Crippen molar-refractivity contribution in [2.75, 3.05) is 32.2 Å². The number of nitrogens with zero attached hydrogens (tertiary/aromatic N) is 1. The van der Waals surface area contributed by atoms with Gasteiger partial charge in [-0.2, -0.15) is 11.8 Å². The first-order valence-electron chi connectivity index (χ1n) is 12.6. The van der Waals surface area contributed by atoms with Crippen molar-refractivity contribution in [1.82, 2.24) is 20.9 Å². The quantitative estimate of drug-likeness (QED) is 0.285. The normalized spacial score (nSPS) is 17.6. The van der Waals surface area contributed by atoms with Crippen LogP contribution in [0.25, 0.3) is 0 Å². The van der Waals surface area contributed by atoms with Gasteiger partial charge in [-0.25, -0.2) is 4.79 Å². The molecule has 9 nitrogen and oxygen atoms in total. The van der Waals surface area contributed by atoms with Gasteiger partial charge in [-0.1, -0.05) is 44.0 Å². The maximum atomic E-state index is 13.1. The molecule has 0 unspecified atom stereocenters. The third-order valence-electron chi connectivity index (χ3n) is 6.52. The lowest BCUT2D eigenvalue weighted by Crippen LogP contribution is -2.53. The number of carbonyl (C=O) groups excluding carboxylic acids is 4. The molecule has 1 aromatic carbocycles. The summed E-state index contributed by atoms with van der Waals surface area (Å²) in [6.07, 6.45) is 4.02. The number of benzene rings is 1. The van der Waals surface area contributed by atoms with Gasteiger partial charge in [-0.3, -0.25) is 19.3 Å². The molecule has 1 saturated heterocycles. The summed E-state index contributed by atoms with van der Waals surface area (Å²) in [4.78, 5) is 51.7. The molecule has 3 N–H and O–H groups in total. The van der Waals surface area contributed by atoms with E-state index in [1.54, 1.807) is 17.8 Å². The molecule has 0 bridgehead atoms. The number of methoxy groups -OCH3 is 1. The number of hydrogen-bond acceptors (Lipinski definition) is 7. The van der Waals surface area contributed by atoms with E-state index in [0.717, 1.165) is 12.0 Å². The molecule has 206 valence electrons. The van der Waals surface area contributed by atoms with Crippen LogP contribution in [0.5, 0.6) is 0 Å². The molecule has 1 aromatic rings. The molecular formula is C26H39ClN4O5S. The van der Waals surface area contributed by atoms with Gasteiger partial charge in [0.1, 0.15) is 12.1 Å². The van der Waals surface area contributed by atoms with Gasteiger partial charge >= 0.3 is 5.97 Å². The number of ether oxygens (including phenoxy) is 1. The third-order valence-corrected chi connectivity index (χ3v) is 7.40. The fraction of sp³-hybridized carbons (Fsp3) is 0.615. The smallest absolute Gasteiger partial charge is 0.328 e. The molecule has 1 fully saturated rings. The highest BCUT2D eigenvalue weighted by molar-refractivity contribution is 7.98. The van der Waals surface area contributed by atoms with Gasteiger partial charge in [-0.05, 0) is 48.5 Å². The monoisotopic (exact) mass is 554 g/mol. The van der Waals surface area contributed by atoms with Crippen LogP contribution in [0.1, 0.15) is 45.1 Å². The Kier molecular flexibility index (Phi) is 13.2. The topological polar surface area (TPSA) is 117 Å². The maximum Gasteiger partial charge on any atom is 0.328 e. The third kappa shape index (κ3) is 10.5. The second-order valence-corrected chi connectivity index (χ2v) is 10.8. The fourth-order valence-electron chi connectivity index (χ4n) is 4.17. The molecule has 0 radical (unpaired) electrons. The Morgan fingerprint density at radius 1 is 1.30 bits per heavy atom. The average molecular weight is 555 g/mol. The van der Waals surface area contributed by atoms with Gasteiger partial charge in [0, 0.05) is 30.6 Å². The molecule has 11 heteroatoms. The molecule has 1 aliphatic rings.